The Labute approximate surface area is 136 Å². The molecule has 2 atom stereocenters. The molecule has 1 aliphatic rings. The van der Waals surface area contributed by atoms with E-state index in [1.165, 1.54) is 0 Å². The maximum absolute atomic E-state index is 12.0. The Morgan fingerprint density at radius 3 is 2.26 bits per heavy atom. The van der Waals surface area contributed by atoms with Gasteiger partial charge < -0.3 is 19.9 Å². The Bertz CT molecular complexity index is 477. The molecule has 1 aliphatic heterocycles. The molecule has 0 aromatic carbocycles. The zero-order chi connectivity index (χ0) is 18.0. The van der Waals surface area contributed by atoms with E-state index in [4.69, 9.17) is 9.47 Å². The first-order valence-corrected chi connectivity index (χ1v) is 7.51. The second-order valence-corrected chi connectivity index (χ2v) is 7.58. The van der Waals surface area contributed by atoms with E-state index in [1.807, 2.05) is 0 Å². The summed E-state index contributed by atoms with van der Waals surface area (Å²) in [7, 11) is 0. The lowest BCUT2D eigenvalue weighted by atomic mass is 9.93. The lowest BCUT2D eigenvalue weighted by molar-refractivity contribution is -0.147. The van der Waals surface area contributed by atoms with Crippen LogP contribution in [0.15, 0.2) is 0 Å². The molecule has 132 valence electrons. The van der Waals surface area contributed by atoms with Crippen LogP contribution in [0.3, 0.4) is 0 Å². The summed E-state index contributed by atoms with van der Waals surface area (Å²) < 4.78 is 10.3. The number of esters is 1. The number of hydrogen-bond acceptors (Lipinski definition) is 5. The Morgan fingerprint density at radius 1 is 1.26 bits per heavy atom. The fraction of sp³-hybridized carbons (Fsp3) is 0.800. The maximum atomic E-state index is 12.0. The summed E-state index contributed by atoms with van der Waals surface area (Å²) in [5.41, 5.74) is -1.16. The van der Waals surface area contributed by atoms with Gasteiger partial charge in [0, 0.05) is 12.0 Å². The molecule has 1 fully saturated rings. The first-order valence-electron chi connectivity index (χ1n) is 7.51. The van der Waals surface area contributed by atoms with Gasteiger partial charge in [0.15, 0.2) is 6.23 Å². The molecular weight excluding hydrogens is 304 g/mol. The first kappa shape index (κ1) is 19.1. The van der Waals surface area contributed by atoms with Crippen LogP contribution in [0.2, 0.25) is 0 Å². The molecule has 0 spiro atoms. The van der Waals surface area contributed by atoms with Crippen molar-refractivity contribution in [2.45, 2.75) is 65.8 Å². The molecule has 0 bridgehead atoms. The van der Waals surface area contributed by atoms with Gasteiger partial charge in [0.2, 0.25) is 0 Å². The molecule has 0 radical (unpaired) electrons. The van der Waals surface area contributed by atoms with Crippen molar-refractivity contribution in [3.8, 4) is 0 Å². The minimum Gasteiger partial charge on any atom is -0.465 e. The van der Waals surface area contributed by atoms with Crippen LogP contribution in [0.25, 0.3) is 0 Å². The molecule has 1 saturated heterocycles. The summed E-state index contributed by atoms with van der Waals surface area (Å²) in [6.07, 6.45) is -2.56. The van der Waals surface area contributed by atoms with Crippen LogP contribution in [-0.4, -0.2) is 52.6 Å². The van der Waals surface area contributed by atoms with Gasteiger partial charge in [-0.1, -0.05) is 20.8 Å². The van der Waals surface area contributed by atoms with Gasteiger partial charge in [-0.25, -0.2) is 14.4 Å². The van der Waals surface area contributed by atoms with Crippen LogP contribution in [0, 0.1) is 5.41 Å². The standard InChI is InChI=1S/C15H26N2O6/c1-14(2,3)11-17(13(20)21)9(10(18)22-11)7-8-16-12(19)23-15(4,5)6/h9,11H,7-8H2,1-6H3,(H,16,19)(H,20,21)/t9?,11-/m0/s1. The van der Waals surface area contributed by atoms with Gasteiger partial charge in [0.1, 0.15) is 11.6 Å². The molecule has 8 nitrogen and oxygen atoms in total. The van der Waals surface area contributed by atoms with Crippen molar-refractivity contribution >= 4 is 18.2 Å². The minimum atomic E-state index is -1.22. The third-order valence-corrected chi connectivity index (χ3v) is 3.14. The van der Waals surface area contributed by atoms with Crippen molar-refractivity contribution in [1.29, 1.82) is 0 Å². The highest BCUT2D eigenvalue weighted by Crippen LogP contribution is 2.33. The van der Waals surface area contributed by atoms with Crippen LogP contribution < -0.4 is 5.32 Å². The Morgan fingerprint density at radius 2 is 1.83 bits per heavy atom. The zero-order valence-electron chi connectivity index (χ0n) is 14.5. The molecular formula is C15H26N2O6. The predicted molar refractivity (Wildman–Crippen MR) is 81.8 cm³/mol. The lowest BCUT2D eigenvalue weighted by Crippen LogP contribution is -2.48. The molecule has 2 N–H and O–H groups in total. The summed E-state index contributed by atoms with van der Waals surface area (Å²) in [6, 6.07) is -0.938. The molecule has 23 heavy (non-hydrogen) atoms. The summed E-state index contributed by atoms with van der Waals surface area (Å²) in [5.74, 6) is -0.599. The van der Waals surface area contributed by atoms with Crippen molar-refractivity contribution in [2.24, 2.45) is 5.41 Å². The van der Waals surface area contributed by atoms with Crippen molar-refractivity contribution in [1.82, 2.24) is 10.2 Å². The first-order chi connectivity index (χ1) is 10.3. The topological polar surface area (TPSA) is 105 Å². The van der Waals surface area contributed by atoms with E-state index in [2.05, 4.69) is 5.32 Å². The van der Waals surface area contributed by atoms with E-state index in [0.29, 0.717) is 0 Å². The van der Waals surface area contributed by atoms with E-state index >= 15 is 0 Å². The average Bonchev–Trinajstić information content (AvgIpc) is 2.64. The molecule has 1 unspecified atom stereocenters. The van der Waals surface area contributed by atoms with Crippen LogP contribution in [0.1, 0.15) is 48.0 Å². The average molecular weight is 330 g/mol. The molecule has 0 aromatic rings. The van der Waals surface area contributed by atoms with Crippen LogP contribution in [-0.2, 0) is 14.3 Å². The number of nitrogens with zero attached hydrogens (tertiary/aromatic N) is 1. The minimum absolute atomic E-state index is 0.106. The second kappa shape index (κ2) is 6.64. The Kier molecular flexibility index (Phi) is 5.50. The number of rotatable bonds is 3. The second-order valence-electron chi connectivity index (χ2n) is 7.58. The number of carboxylic acid groups (broad SMARTS) is 1. The normalized spacial score (nSPS) is 21.8. The highest BCUT2D eigenvalue weighted by atomic mass is 16.6. The van der Waals surface area contributed by atoms with Gasteiger partial charge in [0.05, 0.1) is 0 Å². The summed E-state index contributed by atoms with van der Waals surface area (Å²) in [6.45, 7) is 10.7. The van der Waals surface area contributed by atoms with Crippen molar-refractivity contribution in [3.63, 3.8) is 0 Å². The van der Waals surface area contributed by atoms with Gasteiger partial charge in [-0.15, -0.1) is 0 Å². The number of nitrogens with one attached hydrogen (secondary N) is 1. The van der Waals surface area contributed by atoms with Gasteiger partial charge in [-0.2, -0.15) is 0 Å². The van der Waals surface area contributed by atoms with E-state index in [0.717, 1.165) is 4.90 Å². The molecule has 1 rings (SSSR count). The van der Waals surface area contributed by atoms with Crippen molar-refractivity contribution in [2.75, 3.05) is 6.54 Å². The lowest BCUT2D eigenvalue weighted by Gasteiger charge is -2.32. The van der Waals surface area contributed by atoms with E-state index in [1.54, 1.807) is 41.5 Å². The van der Waals surface area contributed by atoms with E-state index < -0.39 is 41.4 Å². The van der Waals surface area contributed by atoms with Gasteiger partial charge in [-0.05, 0) is 27.2 Å². The van der Waals surface area contributed by atoms with Crippen molar-refractivity contribution < 1.29 is 29.0 Å². The smallest absolute Gasteiger partial charge is 0.410 e. The monoisotopic (exact) mass is 330 g/mol. The molecule has 8 heteroatoms. The molecule has 2 amide bonds. The Hall–Kier alpha value is -1.99. The van der Waals surface area contributed by atoms with E-state index in [9.17, 15) is 19.5 Å². The summed E-state index contributed by atoms with van der Waals surface area (Å²) in [5, 5.41) is 11.9. The predicted octanol–water partition coefficient (Wildman–Crippen LogP) is 2.18. The third kappa shape index (κ3) is 5.30. The number of hydrogen-bond donors (Lipinski definition) is 2. The molecule has 0 aliphatic carbocycles. The number of cyclic esters (lactones) is 1. The summed E-state index contributed by atoms with van der Waals surface area (Å²) >= 11 is 0. The maximum Gasteiger partial charge on any atom is 0.410 e. The van der Waals surface area contributed by atoms with Crippen LogP contribution in [0.5, 0.6) is 0 Å². The summed E-state index contributed by atoms with van der Waals surface area (Å²) in [4.78, 5) is 36.0. The number of carbonyl (C=O) groups excluding carboxylic acids is 2. The molecule has 0 aromatic heterocycles. The number of ether oxygens (including phenoxy) is 2. The number of carbonyl (C=O) groups is 3. The van der Waals surface area contributed by atoms with Crippen molar-refractivity contribution in [3.05, 3.63) is 0 Å². The molecule has 1 heterocycles. The fourth-order valence-electron chi connectivity index (χ4n) is 2.23. The van der Waals surface area contributed by atoms with E-state index in [-0.39, 0.29) is 13.0 Å². The highest BCUT2D eigenvalue weighted by Gasteiger charge is 2.49. The number of amides is 2. The Balaban J connectivity index is 2.66. The van der Waals surface area contributed by atoms with Gasteiger partial charge in [0.25, 0.3) is 0 Å². The van der Waals surface area contributed by atoms with Gasteiger partial charge in [-0.3, -0.25) is 4.90 Å². The van der Waals surface area contributed by atoms with Crippen LogP contribution >= 0.6 is 0 Å². The largest absolute Gasteiger partial charge is 0.465 e. The quantitative estimate of drug-likeness (QED) is 0.768. The zero-order valence-corrected chi connectivity index (χ0v) is 14.5. The SMILES string of the molecule is CC(C)(C)OC(=O)NCCC1C(=O)O[C@@H](C(C)(C)C)N1C(=O)O. The fourth-order valence-corrected chi connectivity index (χ4v) is 2.23. The third-order valence-electron chi connectivity index (χ3n) is 3.14. The van der Waals surface area contributed by atoms with Gasteiger partial charge >= 0.3 is 18.2 Å². The highest BCUT2D eigenvalue weighted by molar-refractivity contribution is 5.84. The number of alkyl carbamates (subject to hydrolysis) is 1. The van der Waals surface area contributed by atoms with Crippen LogP contribution in [0.4, 0.5) is 9.59 Å². The molecule has 0 saturated carbocycles.